The molecule has 0 aromatic carbocycles. The molecule has 0 radical (unpaired) electrons. The molecule has 0 unspecified atom stereocenters. The van der Waals surface area contributed by atoms with Gasteiger partial charge in [-0.15, -0.1) is 0 Å². The van der Waals surface area contributed by atoms with E-state index in [9.17, 15) is 0 Å². The van der Waals surface area contributed by atoms with Gasteiger partial charge in [0.15, 0.2) is 0 Å². The van der Waals surface area contributed by atoms with E-state index < -0.39 is 0 Å². The lowest BCUT2D eigenvalue weighted by Crippen LogP contribution is -2.08. The van der Waals surface area contributed by atoms with Gasteiger partial charge in [-0.05, 0) is 25.7 Å². The van der Waals surface area contributed by atoms with Crippen LogP contribution in [0.4, 0.5) is 5.69 Å². The van der Waals surface area contributed by atoms with E-state index in [4.69, 9.17) is 10.5 Å². The summed E-state index contributed by atoms with van der Waals surface area (Å²) < 4.78 is 7.59. The van der Waals surface area contributed by atoms with E-state index in [-0.39, 0.29) is 0 Å². The Hall–Kier alpha value is -1.19. The molecular weight excluding hydrogens is 202 g/mol. The summed E-state index contributed by atoms with van der Waals surface area (Å²) in [5.41, 5.74) is 7.47. The lowest BCUT2D eigenvalue weighted by atomic mass is 10.1. The van der Waals surface area contributed by atoms with Gasteiger partial charge in [0.2, 0.25) is 5.88 Å². The molecule has 0 fully saturated rings. The average Bonchev–Trinajstić information content (AvgIpc) is 2.46. The van der Waals surface area contributed by atoms with Gasteiger partial charge in [-0.1, -0.05) is 20.8 Å². The quantitative estimate of drug-likeness (QED) is 0.809. The Morgan fingerprint density at radius 2 is 2.12 bits per heavy atom. The first-order valence-corrected chi connectivity index (χ1v) is 6.01. The molecule has 1 rings (SSSR count). The SMILES string of the molecule is CCCn1nc(C)c(N)c1OCCC(C)C. The Balaban J connectivity index is 2.68. The second-order valence-corrected chi connectivity index (χ2v) is 4.56. The van der Waals surface area contributed by atoms with Crippen molar-refractivity contribution in [3.05, 3.63) is 5.69 Å². The third kappa shape index (κ3) is 3.15. The largest absolute Gasteiger partial charge is 0.476 e. The molecule has 4 heteroatoms. The van der Waals surface area contributed by atoms with Gasteiger partial charge >= 0.3 is 0 Å². The minimum Gasteiger partial charge on any atom is -0.476 e. The molecule has 1 aromatic heterocycles. The molecule has 0 saturated heterocycles. The van der Waals surface area contributed by atoms with Gasteiger partial charge in [-0.2, -0.15) is 5.10 Å². The maximum atomic E-state index is 5.94. The topological polar surface area (TPSA) is 53.1 Å². The molecule has 0 aliphatic carbocycles. The van der Waals surface area contributed by atoms with E-state index in [1.807, 2.05) is 11.6 Å². The van der Waals surface area contributed by atoms with Crippen molar-refractivity contribution in [1.29, 1.82) is 0 Å². The zero-order chi connectivity index (χ0) is 12.1. The second kappa shape index (κ2) is 5.77. The molecular formula is C12H23N3O. The predicted molar refractivity (Wildman–Crippen MR) is 66.6 cm³/mol. The lowest BCUT2D eigenvalue weighted by Gasteiger charge is -2.10. The number of hydrogen-bond donors (Lipinski definition) is 1. The van der Waals surface area contributed by atoms with E-state index in [1.54, 1.807) is 0 Å². The minimum absolute atomic E-state index is 0.643. The molecule has 4 nitrogen and oxygen atoms in total. The van der Waals surface area contributed by atoms with E-state index >= 15 is 0 Å². The van der Waals surface area contributed by atoms with Gasteiger partial charge in [0.25, 0.3) is 0 Å². The fourth-order valence-electron chi connectivity index (χ4n) is 1.48. The Labute approximate surface area is 97.8 Å². The van der Waals surface area contributed by atoms with Gasteiger partial charge in [0.05, 0.1) is 12.3 Å². The van der Waals surface area contributed by atoms with Crippen LogP contribution in [0.1, 0.15) is 39.3 Å². The predicted octanol–water partition coefficient (Wildman–Crippen LogP) is 2.61. The molecule has 1 aromatic rings. The van der Waals surface area contributed by atoms with E-state index in [0.29, 0.717) is 18.2 Å². The van der Waals surface area contributed by atoms with Crippen molar-refractivity contribution < 1.29 is 4.74 Å². The smallest absolute Gasteiger partial charge is 0.236 e. The highest BCUT2D eigenvalue weighted by molar-refractivity contribution is 5.52. The summed E-state index contributed by atoms with van der Waals surface area (Å²) in [6, 6.07) is 0. The van der Waals surface area contributed by atoms with Crippen LogP contribution in [0.3, 0.4) is 0 Å². The molecule has 1 heterocycles. The van der Waals surface area contributed by atoms with Crippen LogP contribution in [0.15, 0.2) is 0 Å². The Bertz CT molecular complexity index is 331. The van der Waals surface area contributed by atoms with Crippen LogP contribution in [0, 0.1) is 12.8 Å². The van der Waals surface area contributed by atoms with Crippen LogP contribution in [-0.4, -0.2) is 16.4 Å². The van der Waals surface area contributed by atoms with Crippen molar-refractivity contribution in [1.82, 2.24) is 9.78 Å². The molecule has 0 spiro atoms. The number of nitrogens with two attached hydrogens (primary N) is 1. The Morgan fingerprint density at radius 3 is 2.69 bits per heavy atom. The fraction of sp³-hybridized carbons (Fsp3) is 0.750. The maximum Gasteiger partial charge on any atom is 0.236 e. The number of aryl methyl sites for hydroxylation is 2. The molecule has 0 aliphatic rings. The monoisotopic (exact) mass is 225 g/mol. The molecule has 92 valence electrons. The summed E-state index contributed by atoms with van der Waals surface area (Å²) >= 11 is 0. The van der Waals surface area contributed by atoms with Crippen molar-refractivity contribution in [3.63, 3.8) is 0 Å². The summed E-state index contributed by atoms with van der Waals surface area (Å²) in [6.45, 7) is 9.95. The number of ether oxygens (including phenoxy) is 1. The van der Waals surface area contributed by atoms with Crippen molar-refractivity contribution in [3.8, 4) is 5.88 Å². The van der Waals surface area contributed by atoms with Crippen LogP contribution in [0.2, 0.25) is 0 Å². The van der Waals surface area contributed by atoms with Crippen LogP contribution in [0.25, 0.3) is 0 Å². The zero-order valence-electron chi connectivity index (χ0n) is 10.8. The number of rotatable bonds is 6. The highest BCUT2D eigenvalue weighted by Gasteiger charge is 2.13. The number of nitrogens with zero attached hydrogens (tertiary/aromatic N) is 2. The molecule has 2 N–H and O–H groups in total. The number of hydrogen-bond acceptors (Lipinski definition) is 3. The molecule has 0 saturated carbocycles. The van der Waals surface area contributed by atoms with E-state index in [1.165, 1.54) is 0 Å². The lowest BCUT2D eigenvalue weighted by molar-refractivity contribution is 0.262. The first-order chi connectivity index (χ1) is 7.56. The summed E-state index contributed by atoms with van der Waals surface area (Å²) in [4.78, 5) is 0. The van der Waals surface area contributed by atoms with Gasteiger partial charge in [-0.25, -0.2) is 4.68 Å². The van der Waals surface area contributed by atoms with Gasteiger partial charge in [0, 0.05) is 6.54 Å². The van der Waals surface area contributed by atoms with Crippen molar-refractivity contribution in [2.24, 2.45) is 5.92 Å². The van der Waals surface area contributed by atoms with Gasteiger partial charge < -0.3 is 10.5 Å². The molecule has 0 aliphatic heterocycles. The molecule has 0 atom stereocenters. The minimum atomic E-state index is 0.643. The maximum absolute atomic E-state index is 5.94. The highest BCUT2D eigenvalue weighted by Crippen LogP contribution is 2.25. The van der Waals surface area contributed by atoms with E-state index in [0.717, 1.165) is 31.0 Å². The third-order valence-electron chi connectivity index (χ3n) is 2.49. The van der Waals surface area contributed by atoms with Crippen LogP contribution >= 0.6 is 0 Å². The standard InChI is InChI=1S/C12H23N3O/c1-5-7-15-12(11(13)10(4)14-15)16-8-6-9(2)3/h9H,5-8,13H2,1-4H3. The van der Waals surface area contributed by atoms with Crippen LogP contribution in [-0.2, 0) is 6.54 Å². The number of aromatic nitrogens is 2. The molecule has 16 heavy (non-hydrogen) atoms. The molecule has 0 amide bonds. The normalized spacial score (nSPS) is 11.1. The number of nitrogen functional groups attached to an aromatic ring is 1. The van der Waals surface area contributed by atoms with Crippen LogP contribution in [0.5, 0.6) is 5.88 Å². The fourth-order valence-corrected chi connectivity index (χ4v) is 1.48. The van der Waals surface area contributed by atoms with Gasteiger partial charge in [0.1, 0.15) is 5.69 Å². The number of anilines is 1. The zero-order valence-corrected chi connectivity index (χ0v) is 10.8. The summed E-state index contributed by atoms with van der Waals surface area (Å²) in [6.07, 6.45) is 2.07. The highest BCUT2D eigenvalue weighted by atomic mass is 16.5. The second-order valence-electron chi connectivity index (χ2n) is 4.56. The third-order valence-corrected chi connectivity index (χ3v) is 2.49. The Kier molecular flexibility index (Phi) is 4.65. The van der Waals surface area contributed by atoms with Crippen molar-refractivity contribution >= 4 is 5.69 Å². The first kappa shape index (κ1) is 12.9. The van der Waals surface area contributed by atoms with E-state index in [2.05, 4.69) is 25.9 Å². The first-order valence-electron chi connectivity index (χ1n) is 6.01. The Morgan fingerprint density at radius 1 is 1.44 bits per heavy atom. The van der Waals surface area contributed by atoms with Crippen molar-refractivity contribution in [2.45, 2.75) is 47.1 Å². The van der Waals surface area contributed by atoms with Crippen molar-refractivity contribution in [2.75, 3.05) is 12.3 Å². The van der Waals surface area contributed by atoms with Gasteiger partial charge in [-0.3, -0.25) is 0 Å². The summed E-state index contributed by atoms with van der Waals surface area (Å²) in [7, 11) is 0. The summed E-state index contributed by atoms with van der Waals surface area (Å²) in [5, 5.41) is 4.36. The average molecular weight is 225 g/mol. The molecule has 0 bridgehead atoms. The summed E-state index contributed by atoms with van der Waals surface area (Å²) in [5.74, 6) is 1.38. The van der Waals surface area contributed by atoms with Crippen LogP contribution < -0.4 is 10.5 Å².